The molecule has 1 aliphatic rings. The lowest BCUT2D eigenvalue weighted by molar-refractivity contribution is -0.132. The first-order chi connectivity index (χ1) is 13.4. The van der Waals surface area contributed by atoms with Crippen molar-refractivity contribution in [1.82, 2.24) is 0 Å². The number of carbonyl (C=O) groups excluding carboxylic acids is 2. The fourth-order valence-corrected chi connectivity index (χ4v) is 3.46. The lowest BCUT2D eigenvalue weighted by Gasteiger charge is -2.36. The summed E-state index contributed by atoms with van der Waals surface area (Å²) in [5.41, 5.74) is 0.658. The van der Waals surface area contributed by atoms with E-state index >= 15 is 0 Å². The number of hydrogen-bond donors (Lipinski definition) is 1. The van der Waals surface area contributed by atoms with Crippen molar-refractivity contribution in [1.29, 1.82) is 5.26 Å². The third kappa shape index (κ3) is 4.16. The van der Waals surface area contributed by atoms with Crippen molar-refractivity contribution in [3.8, 4) is 11.8 Å². The van der Waals surface area contributed by atoms with Crippen LogP contribution in [0.3, 0.4) is 0 Å². The van der Waals surface area contributed by atoms with Crippen molar-refractivity contribution < 1.29 is 19.1 Å². The number of carbonyl (C=O) groups is 2. The number of hydrogen-bond acceptors (Lipinski definition) is 5. The maximum Gasteiger partial charge on any atom is 0.308 e. The molecule has 0 atom stereocenters. The molecule has 0 radical (unpaired) electrons. The number of nitriles is 1. The molecule has 1 N–H and O–H groups in total. The summed E-state index contributed by atoms with van der Waals surface area (Å²) >= 11 is 6.00. The maximum absolute atomic E-state index is 13.3. The van der Waals surface area contributed by atoms with Crippen LogP contribution >= 0.6 is 11.6 Å². The van der Waals surface area contributed by atoms with Crippen LogP contribution in [0.25, 0.3) is 0 Å². The maximum atomic E-state index is 13.3. The first-order valence-electron chi connectivity index (χ1n) is 8.82. The molecule has 1 heterocycles. The molecular formula is C21H19ClN2O4. The van der Waals surface area contributed by atoms with Gasteiger partial charge in [0.2, 0.25) is 5.91 Å². The number of anilines is 1. The summed E-state index contributed by atoms with van der Waals surface area (Å²) in [6.07, 6.45) is 1.04. The Bertz CT molecular complexity index is 928. The van der Waals surface area contributed by atoms with Gasteiger partial charge in [0.25, 0.3) is 0 Å². The van der Waals surface area contributed by atoms with E-state index in [-0.39, 0.29) is 17.2 Å². The topological polar surface area (TPSA) is 88.4 Å². The van der Waals surface area contributed by atoms with Gasteiger partial charge in [-0.2, -0.15) is 5.26 Å². The van der Waals surface area contributed by atoms with Gasteiger partial charge in [0.05, 0.1) is 16.7 Å². The molecule has 0 aromatic heterocycles. The Hall–Kier alpha value is -2.88. The van der Waals surface area contributed by atoms with Crippen molar-refractivity contribution in [2.24, 2.45) is 0 Å². The van der Waals surface area contributed by atoms with E-state index < -0.39 is 11.4 Å². The van der Waals surface area contributed by atoms with Crippen molar-refractivity contribution >= 4 is 29.2 Å². The van der Waals surface area contributed by atoms with E-state index in [2.05, 4.69) is 5.32 Å². The fourth-order valence-electron chi connectivity index (χ4n) is 3.33. The van der Waals surface area contributed by atoms with Crippen LogP contribution < -0.4 is 10.1 Å². The highest BCUT2D eigenvalue weighted by Crippen LogP contribution is 2.37. The molecule has 2 aromatic rings. The predicted molar refractivity (Wildman–Crippen MR) is 104 cm³/mol. The zero-order chi connectivity index (χ0) is 20.1. The van der Waals surface area contributed by atoms with Crippen molar-refractivity contribution in [2.45, 2.75) is 25.2 Å². The summed E-state index contributed by atoms with van der Waals surface area (Å²) in [6.45, 7) is 2.21. The Labute approximate surface area is 168 Å². The molecule has 0 spiro atoms. The minimum absolute atomic E-state index is 0.213. The number of nitrogens with one attached hydrogen (secondary N) is 1. The molecule has 1 saturated heterocycles. The van der Waals surface area contributed by atoms with Crippen LogP contribution in [-0.2, 0) is 19.7 Å². The van der Waals surface area contributed by atoms with Gasteiger partial charge in [-0.15, -0.1) is 0 Å². The summed E-state index contributed by atoms with van der Waals surface area (Å²) in [5, 5.41) is 12.9. The van der Waals surface area contributed by atoms with E-state index in [1.54, 1.807) is 18.2 Å². The van der Waals surface area contributed by atoms with Crippen molar-refractivity contribution in [3.63, 3.8) is 0 Å². The van der Waals surface area contributed by atoms with Gasteiger partial charge >= 0.3 is 5.97 Å². The Morgan fingerprint density at radius 1 is 1.18 bits per heavy atom. The Morgan fingerprint density at radius 3 is 2.46 bits per heavy atom. The van der Waals surface area contributed by atoms with Crippen LogP contribution in [0.5, 0.6) is 5.75 Å². The van der Waals surface area contributed by atoms with Crippen molar-refractivity contribution in [3.05, 3.63) is 58.6 Å². The second kappa shape index (κ2) is 8.42. The van der Waals surface area contributed by atoms with Gasteiger partial charge in [-0.25, -0.2) is 0 Å². The smallest absolute Gasteiger partial charge is 0.308 e. The molecule has 144 valence electrons. The quantitative estimate of drug-likeness (QED) is 0.624. The monoisotopic (exact) mass is 398 g/mol. The predicted octanol–water partition coefficient (Wildman–Crippen LogP) is 3.82. The van der Waals surface area contributed by atoms with Gasteiger partial charge in [0.15, 0.2) is 0 Å². The standard InChI is InChI=1S/C21H19ClN2O4/c1-14(25)28-18-6-7-19(15(12-18)13-23)24-20(26)21(8-10-27-11-9-21)16-2-4-17(22)5-3-16/h2-7,12H,8-11H2,1H3,(H,24,26). The zero-order valence-corrected chi connectivity index (χ0v) is 16.1. The van der Waals surface area contributed by atoms with Crippen LogP contribution in [0, 0.1) is 11.3 Å². The molecule has 0 aliphatic carbocycles. The zero-order valence-electron chi connectivity index (χ0n) is 15.3. The summed E-state index contributed by atoms with van der Waals surface area (Å²) in [7, 11) is 0. The molecule has 3 rings (SSSR count). The van der Waals surface area contributed by atoms with Crippen LogP contribution in [0.1, 0.15) is 30.9 Å². The molecule has 28 heavy (non-hydrogen) atoms. The summed E-state index contributed by atoms with van der Waals surface area (Å²) in [4.78, 5) is 24.4. The fraction of sp³-hybridized carbons (Fsp3) is 0.286. The van der Waals surface area contributed by atoms with Crippen LogP contribution in [0.2, 0.25) is 5.02 Å². The van der Waals surface area contributed by atoms with Crippen LogP contribution in [-0.4, -0.2) is 25.1 Å². The minimum atomic E-state index is -0.774. The highest BCUT2D eigenvalue weighted by atomic mass is 35.5. The number of rotatable bonds is 4. The average Bonchev–Trinajstić information content (AvgIpc) is 2.69. The molecule has 0 saturated carbocycles. The van der Waals surface area contributed by atoms with E-state index in [4.69, 9.17) is 21.1 Å². The first kappa shape index (κ1) is 19.9. The summed E-state index contributed by atoms with van der Waals surface area (Å²) in [5.74, 6) is -0.444. The molecular weight excluding hydrogens is 380 g/mol. The molecule has 6 nitrogen and oxygen atoms in total. The van der Waals surface area contributed by atoms with Gasteiger partial charge in [0, 0.05) is 31.2 Å². The number of esters is 1. The highest BCUT2D eigenvalue weighted by molar-refractivity contribution is 6.30. The number of benzene rings is 2. The highest BCUT2D eigenvalue weighted by Gasteiger charge is 2.42. The van der Waals surface area contributed by atoms with E-state index in [0.717, 1.165) is 5.56 Å². The largest absolute Gasteiger partial charge is 0.427 e. The number of amides is 1. The Kier molecular flexibility index (Phi) is 5.98. The van der Waals surface area contributed by atoms with Gasteiger partial charge in [-0.3, -0.25) is 9.59 Å². The third-order valence-electron chi connectivity index (χ3n) is 4.80. The van der Waals surface area contributed by atoms with Gasteiger partial charge in [-0.1, -0.05) is 23.7 Å². The molecule has 7 heteroatoms. The average molecular weight is 399 g/mol. The van der Waals surface area contributed by atoms with Gasteiger partial charge in [-0.05, 0) is 42.7 Å². The molecule has 2 aromatic carbocycles. The Morgan fingerprint density at radius 2 is 1.86 bits per heavy atom. The second-order valence-electron chi connectivity index (χ2n) is 6.57. The van der Waals surface area contributed by atoms with Crippen LogP contribution in [0.4, 0.5) is 5.69 Å². The Balaban J connectivity index is 1.91. The molecule has 0 bridgehead atoms. The van der Waals surface area contributed by atoms with Gasteiger partial charge < -0.3 is 14.8 Å². The lowest BCUT2D eigenvalue weighted by atomic mass is 9.73. The minimum Gasteiger partial charge on any atom is -0.427 e. The lowest BCUT2D eigenvalue weighted by Crippen LogP contribution is -2.45. The van der Waals surface area contributed by atoms with E-state index in [1.807, 2.05) is 18.2 Å². The molecule has 1 amide bonds. The second-order valence-corrected chi connectivity index (χ2v) is 7.00. The van der Waals surface area contributed by atoms with Gasteiger partial charge in [0.1, 0.15) is 11.8 Å². The summed E-state index contributed by atoms with van der Waals surface area (Å²) in [6, 6.07) is 13.8. The van der Waals surface area contributed by atoms with E-state index in [1.165, 1.54) is 19.1 Å². The number of halogens is 1. The van der Waals surface area contributed by atoms with Crippen LogP contribution in [0.15, 0.2) is 42.5 Å². The number of ether oxygens (including phenoxy) is 2. The normalized spacial score (nSPS) is 15.3. The van der Waals surface area contributed by atoms with Crippen molar-refractivity contribution in [2.75, 3.05) is 18.5 Å². The number of nitrogens with zero attached hydrogens (tertiary/aromatic N) is 1. The van der Waals surface area contributed by atoms with E-state index in [0.29, 0.717) is 36.8 Å². The molecule has 0 unspecified atom stereocenters. The third-order valence-corrected chi connectivity index (χ3v) is 5.05. The molecule has 1 aliphatic heterocycles. The van der Waals surface area contributed by atoms with E-state index in [9.17, 15) is 14.9 Å². The summed E-state index contributed by atoms with van der Waals surface area (Å²) < 4.78 is 10.5. The SMILES string of the molecule is CC(=O)Oc1ccc(NC(=O)C2(c3ccc(Cl)cc3)CCOCC2)c(C#N)c1. The first-order valence-corrected chi connectivity index (χ1v) is 9.20. The molecule has 1 fully saturated rings.